The number of fused-ring (bicyclic) bond motifs is 1. The second kappa shape index (κ2) is 9.92. The van der Waals surface area contributed by atoms with Crippen LogP contribution in [0.2, 0.25) is 5.02 Å². The molecule has 0 aliphatic carbocycles. The third-order valence-electron chi connectivity index (χ3n) is 6.02. The molecule has 0 bridgehead atoms. The number of benzene rings is 2. The van der Waals surface area contributed by atoms with Crippen LogP contribution < -0.4 is 0 Å². The minimum Gasteiger partial charge on any atom is -0.477 e. The van der Waals surface area contributed by atoms with Crippen molar-refractivity contribution in [3.05, 3.63) is 76.8 Å². The van der Waals surface area contributed by atoms with Gasteiger partial charge in [0.1, 0.15) is 5.76 Å². The third-order valence-corrected chi connectivity index (χ3v) is 6.28. The van der Waals surface area contributed by atoms with Crippen molar-refractivity contribution < 1.29 is 33.4 Å². The Morgan fingerprint density at radius 3 is 2.29 bits per heavy atom. The molecule has 2 aromatic carbocycles. The minimum atomic E-state index is -2.25. The summed E-state index contributed by atoms with van der Waals surface area (Å²) >= 11 is 6.00. The fourth-order valence-corrected chi connectivity index (χ4v) is 4.55. The first kappa shape index (κ1) is 24.5. The summed E-state index contributed by atoms with van der Waals surface area (Å²) in [6, 6.07) is 15.4. The normalized spacial score (nSPS) is 23.3. The van der Waals surface area contributed by atoms with Crippen LogP contribution in [0.15, 0.2) is 60.7 Å². The molecule has 0 N–H and O–H groups in total. The highest BCUT2D eigenvalue weighted by molar-refractivity contribution is 6.30. The molecule has 2 amide bonds. The molecule has 0 unspecified atom stereocenters. The number of carbonyl (C=O) groups is 4. The minimum absolute atomic E-state index is 0.0157. The van der Waals surface area contributed by atoms with Crippen LogP contribution in [-0.2, 0) is 39.9 Å². The van der Waals surface area contributed by atoms with E-state index in [4.69, 9.17) is 25.8 Å². The Morgan fingerprint density at radius 2 is 1.66 bits per heavy atom. The van der Waals surface area contributed by atoms with Crippen LogP contribution in [-0.4, -0.2) is 48.0 Å². The Labute approximate surface area is 207 Å². The van der Waals surface area contributed by atoms with Crippen molar-refractivity contribution in [1.29, 1.82) is 0 Å². The lowest BCUT2D eigenvalue weighted by Gasteiger charge is -2.38. The second-order valence-electron chi connectivity index (χ2n) is 8.07. The van der Waals surface area contributed by atoms with Crippen LogP contribution >= 0.6 is 11.6 Å². The number of likely N-dealkylation sites (tertiary alicyclic amines) is 1. The van der Waals surface area contributed by atoms with Crippen LogP contribution in [0.3, 0.4) is 0 Å². The molecule has 1 saturated heterocycles. The molecule has 35 heavy (non-hydrogen) atoms. The molecule has 3 atom stereocenters. The summed E-state index contributed by atoms with van der Waals surface area (Å²) in [5, 5.41) is 0.481. The SMILES string of the molecule is CCOC(=O)[C@H]1OC(c2ccc(Cl)cc2)=C[C@H]2C(=O)N(Cc3ccccc3)C(=O)[C@@]12C(=O)OCC. The van der Waals surface area contributed by atoms with Gasteiger partial charge in [0.25, 0.3) is 5.91 Å². The topological polar surface area (TPSA) is 99.2 Å². The molecule has 2 heterocycles. The molecule has 8 nitrogen and oxygen atoms in total. The largest absolute Gasteiger partial charge is 0.477 e. The predicted octanol–water partition coefficient (Wildman–Crippen LogP) is 3.38. The number of amides is 2. The van der Waals surface area contributed by atoms with Crippen LogP contribution in [0.1, 0.15) is 25.0 Å². The Kier molecular flexibility index (Phi) is 6.93. The van der Waals surface area contributed by atoms with E-state index >= 15 is 0 Å². The molecular weight excluding hydrogens is 474 g/mol. The summed E-state index contributed by atoms with van der Waals surface area (Å²) in [4.78, 5) is 55.0. The van der Waals surface area contributed by atoms with E-state index in [0.29, 0.717) is 16.1 Å². The fourth-order valence-electron chi connectivity index (χ4n) is 4.43. The van der Waals surface area contributed by atoms with Crippen molar-refractivity contribution in [2.45, 2.75) is 26.5 Å². The lowest BCUT2D eigenvalue weighted by atomic mass is 9.70. The number of rotatable bonds is 7. The van der Waals surface area contributed by atoms with Crippen LogP contribution in [0.5, 0.6) is 0 Å². The van der Waals surface area contributed by atoms with Gasteiger partial charge in [-0.05, 0) is 49.8 Å². The monoisotopic (exact) mass is 497 g/mol. The molecule has 9 heteroatoms. The quantitative estimate of drug-likeness (QED) is 0.328. The average molecular weight is 498 g/mol. The number of ether oxygens (including phenoxy) is 3. The van der Waals surface area contributed by atoms with Gasteiger partial charge in [-0.3, -0.25) is 19.3 Å². The van der Waals surface area contributed by atoms with E-state index in [2.05, 4.69) is 0 Å². The molecule has 182 valence electrons. The summed E-state index contributed by atoms with van der Waals surface area (Å²) < 4.78 is 16.4. The van der Waals surface area contributed by atoms with E-state index < -0.39 is 41.2 Å². The zero-order valence-corrected chi connectivity index (χ0v) is 20.0. The molecule has 2 aliphatic rings. The zero-order chi connectivity index (χ0) is 25.2. The predicted molar refractivity (Wildman–Crippen MR) is 125 cm³/mol. The van der Waals surface area contributed by atoms with Crippen molar-refractivity contribution in [3.63, 3.8) is 0 Å². The highest BCUT2D eigenvalue weighted by Crippen LogP contribution is 2.50. The van der Waals surface area contributed by atoms with Crippen molar-refractivity contribution in [3.8, 4) is 0 Å². The van der Waals surface area contributed by atoms with Crippen molar-refractivity contribution in [2.75, 3.05) is 13.2 Å². The van der Waals surface area contributed by atoms with E-state index in [1.807, 2.05) is 6.07 Å². The van der Waals surface area contributed by atoms with Crippen LogP contribution in [0.4, 0.5) is 0 Å². The smallest absolute Gasteiger partial charge is 0.349 e. The molecule has 1 fully saturated rings. The maximum atomic E-state index is 13.9. The van der Waals surface area contributed by atoms with Crippen LogP contribution in [0.25, 0.3) is 5.76 Å². The molecule has 2 aliphatic heterocycles. The van der Waals surface area contributed by atoms with E-state index in [1.165, 1.54) is 6.08 Å². The van der Waals surface area contributed by atoms with Crippen molar-refractivity contribution in [1.82, 2.24) is 4.90 Å². The highest BCUT2D eigenvalue weighted by atomic mass is 35.5. The molecule has 0 saturated carbocycles. The Balaban J connectivity index is 1.88. The first-order valence-electron chi connectivity index (χ1n) is 11.2. The number of carbonyl (C=O) groups excluding carboxylic acids is 4. The first-order chi connectivity index (χ1) is 16.8. The van der Waals surface area contributed by atoms with Gasteiger partial charge in [0, 0.05) is 10.6 Å². The van der Waals surface area contributed by atoms with Gasteiger partial charge < -0.3 is 14.2 Å². The summed E-state index contributed by atoms with van der Waals surface area (Å²) in [6.07, 6.45) is -0.319. The lowest BCUT2D eigenvalue weighted by molar-refractivity contribution is -0.183. The van der Waals surface area contributed by atoms with Gasteiger partial charge in [0.2, 0.25) is 17.4 Å². The van der Waals surface area contributed by atoms with Crippen molar-refractivity contribution >= 4 is 41.1 Å². The van der Waals surface area contributed by atoms with Crippen LogP contribution in [0, 0.1) is 11.3 Å². The Morgan fingerprint density at radius 1 is 1.00 bits per heavy atom. The number of hydrogen-bond acceptors (Lipinski definition) is 7. The second-order valence-corrected chi connectivity index (χ2v) is 8.51. The number of imide groups is 1. The summed E-state index contributed by atoms with van der Waals surface area (Å²) in [7, 11) is 0. The van der Waals surface area contributed by atoms with E-state index in [1.54, 1.807) is 62.4 Å². The Bertz CT molecular complexity index is 1180. The first-order valence-corrected chi connectivity index (χ1v) is 11.6. The van der Waals surface area contributed by atoms with Gasteiger partial charge >= 0.3 is 11.9 Å². The summed E-state index contributed by atoms with van der Waals surface area (Å²) in [6.45, 7) is 3.02. The number of esters is 2. The maximum absolute atomic E-state index is 13.9. The van der Waals surface area contributed by atoms with Gasteiger partial charge in [-0.2, -0.15) is 0 Å². The lowest BCUT2D eigenvalue weighted by Crippen LogP contribution is -2.58. The van der Waals surface area contributed by atoms with E-state index in [0.717, 1.165) is 4.90 Å². The zero-order valence-electron chi connectivity index (χ0n) is 19.2. The van der Waals surface area contributed by atoms with Gasteiger partial charge in [-0.1, -0.05) is 41.9 Å². The number of nitrogens with zero attached hydrogens (tertiary/aromatic N) is 1. The molecule has 0 aromatic heterocycles. The maximum Gasteiger partial charge on any atom is 0.349 e. The van der Waals surface area contributed by atoms with Gasteiger partial charge in [0.15, 0.2) is 0 Å². The summed E-state index contributed by atoms with van der Waals surface area (Å²) in [5.74, 6) is -4.61. The molecule has 0 radical (unpaired) electrons. The summed E-state index contributed by atoms with van der Waals surface area (Å²) in [5.41, 5.74) is -1.05. The molecule has 0 spiro atoms. The van der Waals surface area contributed by atoms with Gasteiger partial charge in [-0.25, -0.2) is 4.79 Å². The highest BCUT2D eigenvalue weighted by Gasteiger charge is 2.73. The Hall–Kier alpha value is -3.65. The van der Waals surface area contributed by atoms with E-state index in [9.17, 15) is 19.2 Å². The number of hydrogen-bond donors (Lipinski definition) is 0. The molecule has 4 rings (SSSR count). The number of halogens is 1. The van der Waals surface area contributed by atoms with Gasteiger partial charge in [0.05, 0.1) is 25.7 Å². The standard InChI is InChI=1S/C26H24ClNO7/c1-3-33-23(30)21-26(25(32)34-4-2)19(14-20(35-21)17-10-12-18(27)13-11-17)22(29)28(24(26)31)15-16-8-6-5-7-9-16/h5-14,19,21H,3-4,15H2,1-2H3/t19-,21+,26-/m0/s1. The van der Waals surface area contributed by atoms with Crippen molar-refractivity contribution in [2.24, 2.45) is 11.3 Å². The fraction of sp³-hybridized carbons (Fsp3) is 0.308. The molecular formula is C26H24ClNO7. The van der Waals surface area contributed by atoms with Gasteiger partial charge in [-0.15, -0.1) is 0 Å². The van der Waals surface area contributed by atoms with E-state index in [-0.39, 0.29) is 25.5 Å². The average Bonchev–Trinajstić information content (AvgIpc) is 3.07. The molecule has 2 aromatic rings. The third kappa shape index (κ3) is 4.18.